The zero-order valence-electron chi connectivity index (χ0n) is 32.4. The van der Waals surface area contributed by atoms with E-state index in [1.807, 2.05) is 36.4 Å². The van der Waals surface area contributed by atoms with E-state index in [0.717, 1.165) is 56.7 Å². The van der Waals surface area contributed by atoms with Crippen LogP contribution in [0.1, 0.15) is 62.6 Å². The minimum atomic E-state index is 0.305. The van der Waals surface area contributed by atoms with Gasteiger partial charge in [0.25, 0.3) is 0 Å². The van der Waals surface area contributed by atoms with E-state index in [-0.39, 0.29) is 0 Å². The molecule has 5 nitrogen and oxygen atoms in total. The highest BCUT2D eigenvalue weighted by Crippen LogP contribution is 2.54. The van der Waals surface area contributed by atoms with E-state index in [2.05, 4.69) is 117 Å². The van der Waals surface area contributed by atoms with Crippen LogP contribution in [-0.4, -0.2) is 15.0 Å². The van der Waals surface area contributed by atoms with Crippen molar-refractivity contribution < 1.29 is 0 Å². The van der Waals surface area contributed by atoms with Gasteiger partial charge in [-0.05, 0) is 131 Å². The molecule has 0 amide bonds. The first kappa shape index (κ1) is 36.0. The Kier molecular flexibility index (Phi) is 9.53. The minimum absolute atomic E-state index is 0.305. The van der Waals surface area contributed by atoms with E-state index in [9.17, 15) is 10.5 Å². The summed E-state index contributed by atoms with van der Waals surface area (Å²) >= 11 is 0. The van der Waals surface area contributed by atoms with E-state index in [1.165, 1.54) is 43.2 Å². The van der Waals surface area contributed by atoms with Gasteiger partial charge >= 0.3 is 0 Å². The predicted molar refractivity (Wildman–Crippen MR) is 228 cm³/mol. The van der Waals surface area contributed by atoms with E-state index in [1.54, 1.807) is 18.2 Å². The standard InChI is InChI=1S/C52H43N5/c1-34-21-36-22-35(2)30-52(29-34,31-36)48-19-17-42(18-20-48)41-13-15-43(16-14-41)49-55-50(46-24-37(32-53)23-38(25-46)33-54)57-51(56-49)47-27-44(39-9-5-3-6-10-39)26-45(28-47)40-11-7-4-8-12-40/h3-20,23-28,34-36H,21-22,29-31H2,1-2H3/t34-,35+,36-,52?. The zero-order chi connectivity index (χ0) is 38.9. The van der Waals surface area contributed by atoms with Crippen molar-refractivity contribution >= 4 is 0 Å². The SMILES string of the molecule is C[C@@H]1C[C@@H]2C[C@H](C)CC(c3ccc(-c4ccc(-c5nc(-c6cc(C#N)cc(C#N)c6)nc(-c6cc(-c7ccccc7)cc(-c7ccccc7)c6)n5)cc4)cc3)(C1)C2. The van der Waals surface area contributed by atoms with Crippen LogP contribution in [0.5, 0.6) is 0 Å². The lowest BCUT2D eigenvalue weighted by Crippen LogP contribution is -2.42. The third-order valence-electron chi connectivity index (χ3n) is 12.1. The highest BCUT2D eigenvalue weighted by Gasteiger charge is 2.45. The maximum atomic E-state index is 9.82. The highest BCUT2D eigenvalue weighted by atomic mass is 15.0. The molecule has 9 rings (SSSR count). The van der Waals surface area contributed by atoms with Crippen LogP contribution in [0.3, 0.4) is 0 Å². The first-order valence-corrected chi connectivity index (χ1v) is 20.0. The lowest BCUT2D eigenvalue weighted by molar-refractivity contribution is 0.0780. The molecular weight excluding hydrogens is 695 g/mol. The summed E-state index contributed by atoms with van der Waals surface area (Å²) in [5.74, 6) is 3.82. The van der Waals surface area contributed by atoms with Crippen LogP contribution in [0.4, 0.5) is 0 Å². The Balaban J connectivity index is 1.12. The molecule has 2 saturated carbocycles. The summed E-state index contributed by atoms with van der Waals surface area (Å²) in [5, 5.41) is 19.6. The molecule has 276 valence electrons. The van der Waals surface area contributed by atoms with Gasteiger partial charge in [0.2, 0.25) is 0 Å². The number of hydrogen-bond donors (Lipinski definition) is 0. The third kappa shape index (κ3) is 7.38. The fraction of sp³-hybridized carbons (Fsp3) is 0.212. The predicted octanol–water partition coefficient (Wildman–Crippen LogP) is 12.7. The number of fused-ring (bicyclic) bond motifs is 2. The molecule has 4 atom stereocenters. The molecule has 2 fully saturated rings. The van der Waals surface area contributed by atoms with Crippen molar-refractivity contribution in [2.24, 2.45) is 17.8 Å². The summed E-state index contributed by atoms with van der Waals surface area (Å²) in [6.45, 7) is 4.89. The molecule has 0 saturated heterocycles. The molecule has 1 aromatic heterocycles. The molecule has 7 aromatic rings. The quantitative estimate of drug-likeness (QED) is 0.163. The van der Waals surface area contributed by atoms with Gasteiger partial charge in [-0.25, -0.2) is 15.0 Å². The van der Waals surface area contributed by atoms with Crippen LogP contribution in [0.15, 0.2) is 146 Å². The number of hydrogen-bond acceptors (Lipinski definition) is 5. The van der Waals surface area contributed by atoms with Crippen molar-refractivity contribution in [2.75, 3.05) is 0 Å². The molecular formula is C52H43N5. The molecule has 0 radical (unpaired) electrons. The van der Waals surface area contributed by atoms with Gasteiger partial charge in [-0.2, -0.15) is 10.5 Å². The first-order chi connectivity index (χ1) is 27.8. The fourth-order valence-corrected chi connectivity index (χ4v) is 9.89. The molecule has 1 unspecified atom stereocenters. The molecule has 6 aromatic carbocycles. The second-order valence-electron chi connectivity index (χ2n) is 16.5. The summed E-state index contributed by atoms with van der Waals surface area (Å²) in [6.07, 6.45) is 6.67. The van der Waals surface area contributed by atoms with E-state index >= 15 is 0 Å². The monoisotopic (exact) mass is 737 g/mol. The summed E-state index contributed by atoms with van der Waals surface area (Å²) in [6, 6.07) is 54.2. The molecule has 1 heterocycles. The van der Waals surface area contributed by atoms with Crippen molar-refractivity contribution in [1.29, 1.82) is 10.5 Å². The summed E-state index contributed by atoms with van der Waals surface area (Å²) < 4.78 is 0. The van der Waals surface area contributed by atoms with E-state index in [0.29, 0.717) is 39.6 Å². The van der Waals surface area contributed by atoms with Crippen LogP contribution in [0, 0.1) is 40.4 Å². The Hall–Kier alpha value is -6.69. The van der Waals surface area contributed by atoms with Gasteiger partial charge in [0.15, 0.2) is 17.5 Å². The third-order valence-corrected chi connectivity index (χ3v) is 12.1. The van der Waals surface area contributed by atoms with Gasteiger partial charge in [0, 0.05) is 16.7 Å². The lowest BCUT2D eigenvalue weighted by atomic mass is 9.54. The van der Waals surface area contributed by atoms with Crippen LogP contribution in [0.25, 0.3) is 67.5 Å². The molecule has 2 bridgehead atoms. The van der Waals surface area contributed by atoms with Crippen molar-refractivity contribution in [3.05, 3.63) is 162 Å². The maximum absolute atomic E-state index is 9.82. The largest absolute Gasteiger partial charge is 0.208 e. The minimum Gasteiger partial charge on any atom is -0.208 e. The topological polar surface area (TPSA) is 86.2 Å². The van der Waals surface area contributed by atoms with Crippen LogP contribution >= 0.6 is 0 Å². The van der Waals surface area contributed by atoms with Crippen molar-refractivity contribution in [1.82, 2.24) is 15.0 Å². The summed E-state index contributed by atoms with van der Waals surface area (Å²) in [5.41, 5.74) is 11.4. The van der Waals surface area contributed by atoms with E-state index < -0.39 is 0 Å². The molecule has 0 aliphatic heterocycles. The van der Waals surface area contributed by atoms with Gasteiger partial charge in [0.1, 0.15) is 0 Å². The summed E-state index contributed by atoms with van der Waals surface area (Å²) in [7, 11) is 0. The van der Waals surface area contributed by atoms with E-state index in [4.69, 9.17) is 15.0 Å². The van der Waals surface area contributed by atoms with Crippen LogP contribution in [-0.2, 0) is 5.41 Å². The van der Waals surface area contributed by atoms with Gasteiger partial charge in [-0.15, -0.1) is 0 Å². The Morgan fingerprint density at radius 2 is 0.842 bits per heavy atom. The van der Waals surface area contributed by atoms with Crippen molar-refractivity contribution in [3.63, 3.8) is 0 Å². The molecule has 2 aliphatic carbocycles. The Morgan fingerprint density at radius 1 is 0.439 bits per heavy atom. The molecule has 2 aliphatic rings. The van der Waals surface area contributed by atoms with Gasteiger partial charge in [0.05, 0.1) is 23.3 Å². The zero-order valence-corrected chi connectivity index (χ0v) is 32.4. The fourth-order valence-electron chi connectivity index (χ4n) is 9.89. The Labute approximate surface area is 335 Å². The van der Waals surface area contributed by atoms with Gasteiger partial charge in [-0.3, -0.25) is 0 Å². The lowest BCUT2D eigenvalue weighted by Gasteiger charge is -2.50. The Morgan fingerprint density at radius 3 is 1.33 bits per heavy atom. The number of nitrogens with zero attached hydrogens (tertiary/aromatic N) is 5. The first-order valence-electron chi connectivity index (χ1n) is 20.0. The average Bonchev–Trinajstić information content (AvgIpc) is 3.26. The smallest absolute Gasteiger partial charge is 0.164 e. The Bertz CT molecular complexity index is 2540. The normalized spacial score (nSPS) is 20.0. The number of aromatic nitrogens is 3. The average molecular weight is 738 g/mol. The molecule has 57 heavy (non-hydrogen) atoms. The second kappa shape index (κ2) is 15.1. The van der Waals surface area contributed by atoms with Gasteiger partial charge in [-0.1, -0.05) is 123 Å². The number of nitriles is 2. The van der Waals surface area contributed by atoms with Gasteiger partial charge < -0.3 is 0 Å². The maximum Gasteiger partial charge on any atom is 0.164 e. The van der Waals surface area contributed by atoms with Crippen molar-refractivity contribution in [3.8, 4) is 79.7 Å². The highest BCUT2D eigenvalue weighted by molar-refractivity contribution is 5.80. The molecule has 0 spiro atoms. The van der Waals surface area contributed by atoms with Crippen molar-refractivity contribution in [2.45, 2.75) is 51.4 Å². The number of rotatable bonds is 7. The second-order valence-corrected chi connectivity index (χ2v) is 16.5. The van der Waals surface area contributed by atoms with Crippen LogP contribution in [0.2, 0.25) is 0 Å². The van der Waals surface area contributed by atoms with Crippen LogP contribution < -0.4 is 0 Å². The summed E-state index contributed by atoms with van der Waals surface area (Å²) in [4.78, 5) is 15.1. The molecule has 0 N–H and O–H groups in total. The number of benzene rings is 6. The molecule has 5 heteroatoms.